The van der Waals surface area contributed by atoms with Crippen molar-refractivity contribution in [2.45, 2.75) is 13.0 Å². The van der Waals surface area contributed by atoms with Crippen LogP contribution in [-0.2, 0) is 0 Å². The molecule has 0 aliphatic rings. The number of hydrogen-bond donors (Lipinski definition) is 4. The molecule has 0 saturated heterocycles. The number of aromatic nitrogens is 1. The Morgan fingerprint density at radius 1 is 1.56 bits per heavy atom. The molecule has 1 unspecified atom stereocenters. The van der Waals surface area contributed by atoms with Crippen LogP contribution < -0.4 is 5.32 Å². The number of carboxylic acids is 1. The van der Waals surface area contributed by atoms with E-state index in [-0.39, 0.29) is 18.7 Å². The number of nitrogens with one attached hydrogen (secondary N) is 1. The van der Waals surface area contributed by atoms with Gasteiger partial charge in [0.25, 0.3) is 0 Å². The van der Waals surface area contributed by atoms with E-state index in [9.17, 15) is 4.79 Å². The molecule has 16 heavy (non-hydrogen) atoms. The van der Waals surface area contributed by atoms with E-state index >= 15 is 0 Å². The van der Waals surface area contributed by atoms with Crippen molar-refractivity contribution in [3.05, 3.63) is 23.4 Å². The van der Waals surface area contributed by atoms with Crippen molar-refractivity contribution in [1.29, 1.82) is 0 Å². The summed E-state index contributed by atoms with van der Waals surface area (Å²) in [6, 6.07) is 2.96. The molecule has 6 nitrogen and oxygen atoms in total. The van der Waals surface area contributed by atoms with Crippen LogP contribution in [0.2, 0.25) is 0 Å². The summed E-state index contributed by atoms with van der Waals surface area (Å²) in [5.41, 5.74) is 0.546. The molecule has 1 heterocycles. The predicted molar refractivity (Wildman–Crippen MR) is 57.5 cm³/mol. The van der Waals surface area contributed by atoms with E-state index in [2.05, 4.69) is 10.3 Å². The standard InChI is InChI=1S/C10H14N2O4/c1-6-8(10(15)16)2-3-9(12-6)11-4-7(14)5-13/h2-3,7,13-14H,4-5H2,1H3,(H,11,12)(H,15,16). The van der Waals surface area contributed by atoms with Crippen molar-refractivity contribution in [3.63, 3.8) is 0 Å². The third-order valence-electron chi connectivity index (χ3n) is 2.05. The quantitative estimate of drug-likeness (QED) is 0.557. The van der Waals surface area contributed by atoms with Gasteiger partial charge in [-0.15, -0.1) is 0 Å². The van der Waals surface area contributed by atoms with Gasteiger partial charge in [0.2, 0.25) is 0 Å². The van der Waals surface area contributed by atoms with Crippen molar-refractivity contribution < 1.29 is 20.1 Å². The van der Waals surface area contributed by atoms with Crippen LogP contribution in [-0.4, -0.2) is 45.5 Å². The SMILES string of the molecule is Cc1nc(NCC(O)CO)ccc1C(=O)O. The molecule has 0 aliphatic heterocycles. The summed E-state index contributed by atoms with van der Waals surface area (Å²) in [6.45, 7) is 1.42. The van der Waals surface area contributed by atoms with Gasteiger partial charge >= 0.3 is 5.97 Å². The molecule has 88 valence electrons. The van der Waals surface area contributed by atoms with Gasteiger partial charge in [-0.25, -0.2) is 9.78 Å². The smallest absolute Gasteiger partial charge is 0.337 e. The van der Waals surface area contributed by atoms with Crippen LogP contribution in [0, 0.1) is 6.92 Å². The molecule has 0 bridgehead atoms. The molecule has 1 aromatic rings. The minimum Gasteiger partial charge on any atom is -0.478 e. The molecule has 0 spiro atoms. The second-order valence-corrected chi connectivity index (χ2v) is 3.35. The molecule has 1 atom stereocenters. The Labute approximate surface area is 92.6 Å². The van der Waals surface area contributed by atoms with Gasteiger partial charge in [0, 0.05) is 6.54 Å². The zero-order chi connectivity index (χ0) is 12.1. The van der Waals surface area contributed by atoms with Crippen molar-refractivity contribution in [1.82, 2.24) is 4.98 Å². The number of carbonyl (C=O) groups is 1. The van der Waals surface area contributed by atoms with Gasteiger partial charge in [-0.1, -0.05) is 0 Å². The fourth-order valence-corrected chi connectivity index (χ4v) is 1.17. The van der Waals surface area contributed by atoms with Crippen LogP contribution >= 0.6 is 0 Å². The average Bonchev–Trinajstić information content (AvgIpc) is 2.25. The summed E-state index contributed by atoms with van der Waals surface area (Å²) >= 11 is 0. The number of rotatable bonds is 5. The first-order chi connectivity index (χ1) is 7.54. The first-order valence-electron chi connectivity index (χ1n) is 4.78. The third-order valence-corrected chi connectivity index (χ3v) is 2.05. The van der Waals surface area contributed by atoms with E-state index in [1.165, 1.54) is 12.1 Å². The number of carboxylic acid groups (broad SMARTS) is 1. The summed E-state index contributed by atoms with van der Waals surface area (Å²) in [6.07, 6.45) is -0.860. The number of anilines is 1. The number of aryl methyl sites for hydroxylation is 1. The van der Waals surface area contributed by atoms with Crippen LogP contribution in [0.1, 0.15) is 16.1 Å². The highest BCUT2D eigenvalue weighted by molar-refractivity contribution is 5.89. The fourth-order valence-electron chi connectivity index (χ4n) is 1.17. The fraction of sp³-hybridized carbons (Fsp3) is 0.400. The van der Waals surface area contributed by atoms with Crippen LogP contribution in [0.25, 0.3) is 0 Å². The molecular formula is C10H14N2O4. The lowest BCUT2D eigenvalue weighted by Gasteiger charge is -2.10. The topological polar surface area (TPSA) is 103 Å². The summed E-state index contributed by atoms with van der Waals surface area (Å²) in [5, 5.41) is 29.3. The lowest BCUT2D eigenvalue weighted by atomic mass is 10.2. The van der Waals surface area contributed by atoms with Gasteiger partial charge in [0.1, 0.15) is 5.82 Å². The molecular weight excluding hydrogens is 212 g/mol. The lowest BCUT2D eigenvalue weighted by molar-refractivity contribution is 0.0695. The van der Waals surface area contributed by atoms with Crippen LogP contribution in [0.3, 0.4) is 0 Å². The Hall–Kier alpha value is -1.66. The van der Waals surface area contributed by atoms with E-state index in [1.807, 2.05) is 0 Å². The molecule has 0 fully saturated rings. The zero-order valence-electron chi connectivity index (χ0n) is 8.84. The second-order valence-electron chi connectivity index (χ2n) is 3.35. The monoisotopic (exact) mass is 226 g/mol. The summed E-state index contributed by atoms with van der Waals surface area (Å²) in [5.74, 6) is -0.554. The van der Waals surface area contributed by atoms with Crippen molar-refractivity contribution in [3.8, 4) is 0 Å². The maximum Gasteiger partial charge on any atom is 0.337 e. The van der Waals surface area contributed by atoms with Crippen LogP contribution in [0.4, 0.5) is 5.82 Å². The molecule has 0 saturated carbocycles. The maximum absolute atomic E-state index is 10.7. The summed E-state index contributed by atoms with van der Waals surface area (Å²) in [4.78, 5) is 14.7. The highest BCUT2D eigenvalue weighted by atomic mass is 16.4. The lowest BCUT2D eigenvalue weighted by Crippen LogP contribution is -2.23. The van der Waals surface area contributed by atoms with Crippen molar-refractivity contribution in [2.75, 3.05) is 18.5 Å². The number of hydrogen-bond acceptors (Lipinski definition) is 5. The normalized spacial score (nSPS) is 12.2. The van der Waals surface area contributed by atoms with Gasteiger partial charge in [-0.3, -0.25) is 0 Å². The molecule has 1 rings (SSSR count). The molecule has 0 aromatic carbocycles. The zero-order valence-corrected chi connectivity index (χ0v) is 8.84. The van der Waals surface area contributed by atoms with Gasteiger partial charge in [-0.05, 0) is 19.1 Å². The minimum absolute atomic E-state index is 0.147. The maximum atomic E-state index is 10.7. The third kappa shape index (κ3) is 3.18. The van der Waals surface area contributed by atoms with E-state index in [0.29, 0.717) is 11.5 Å². The van der Waals surface area contributed by atoms with E-state index in [1.54, 1.807) is 6.92 Å². The Morgan fingerprint density at radius 2 is 2.25 bits per heavy atom. The highest BCUT2D eigenvalue weighted by Gasteiger charge is 2.09. The molecule has 4 N–H and O–H groups in total. The van der Waals surface area contributed by atoms with Crippen LogP contribution in [0.15, 0.2) is 12.1 Å². The Morgan fingerprint density at radius 3 is 2.75 bits per heavy atom. The molecule has 0 aliphatic carbocycles. The Balaban J connectivity index is 2.70. The summed E-state index contributed by atoms with van der Waals surface area (Å²) < 4.78 is 0. The van der Waals surface area contributed by atoms with Gasteiger partial charge in [-0.2, -0.15) is 0 Å². The Bertz CT molecular complexity index is 381. The second kappa shape index (κ2) is 5.43. The first-order valence-corrected chi connectivity index (χ1v) is 4.78. The van der Waals surface area contributed by atoms with Crippen molar-refractivity contribution >= 4 is 11.8 Å². The van der Waals surface area contributed by atoms with Crippen LogP contribution in [0.5, 0.6) is 0 Å². The largest absolute Gasteiger partial charge is 0.478 e. The number of aromatic carboxylic acids is 1. The molecule has 1 aromatic heterocycles. The molecule has 6 heteroatoms. The van der Waals surface area contributed by atoms with E-state index in [4.69, 9.17) is 15.3 Å². The van der Waals surface area contributed by atoms with E-state index in [0.717, 1.165) is 0 Å². The minimum atomic E-state index is -1.02. The number of nitrogens with zero attached hydrogens (tertiary/aromatic N) is 1. The molecule has 0 radical (unpaired) electrons. The van der Waals surface area contributed by atoms with Gasteiger partial charge < -0.3 is 20.6 Å². The average molecular weight is 226 g/mol. The van der Waals surface area contributed by atoms with Gasteiger partial charge in [0.05, 0.1) is 24.0 Å². The number of aliphatic hydroxyl groups excluding tert-OH is 2. The predicted octanol–water partition coefficient (Wildman–Crippen LogP) is -0.147. The number of aliphatic hydroxyl groups is 2. The van der Waals surface area contributed by atoms with E-state index < -0.39 is 12.1 Å². The number of pyridine rings is 1. The molecule has 0 amide bonds. The Kier molecular flexibility index (Phi) is 4.21. The summed E-state index contributed by atoms with van der Waals surface area (Å²) in [7, 11) is 0. The van der Waals surface area contributed by atoms with Gasteiger partial charge in [0.15, 0.2) is 0 Å². The van der Waals surface area contributed by atoms with Crippen molar-refractivity contribution in [2.24, 2.45) is 0 Å². The highest BCUT2D eigenvalue weighted by Crippen LogP contribution is 2.10. The first kappa shape index (κ1) is 12.4.